The van der Waals surface area contributed by atoms with E-state index in [4.69, 9.17) is 0 Å². The number of phenolic OH excluding ortho intramolecular Hbond substituents is 1. The summed E-state index contributed by atoms with van der Waals surface area (Å²) in [7, 11) is 2.09. The fourth-order valence-electron chi connectivity index (χ4n) is 2.99. The summed E-state index contributed by atoms with van der Waals surface area (Å²) in [5.74, 6) is 0.900. The van der Waals surface area contributed by atoms with Crippen LogP contribution < -0.4 is 4.90 Å². The van der Waals surface area contributed by atoms with Crippen molar-refractivity contribution in [1.82, 2.24) is 0 Å². The zero-order valence-corrected chi connectivity index (χ0v) is 15.2. The lowest BCUT2D eigenvalue weighted by Gasteiger charge is -2.26. The minimum atomic E-state index is -0.0610. The van der Waals surface area contributed by atoms with Crippen molar-refractivity contribution in [2.75, 3.05) is 11.9 Å². The summed E-state index contributed by atoms with van der Waals surface area (Å²) >= 11 is 0. The maximum atomic E-state index is 10.7. The van der Waals surface area contributed by atoms with Gasteiger partial charge in [0.1, 0.15) is 5.75 Å². The summed E-state index contributed by atoms with van der Waals surface area (Å²) in [6, 6.07) is 14.6. The second-order valence-corrected chi connectivity index (χ2v) is 7.63. The summed E-state index contributed by atoms with van der Waals surface area (Å²) in [4.78, 5) is 2.22. The van der Waals surface area contributed by atoms with Crippen LogP contribution in [0.3, 0.4) is 0 Å². The van der Waals surface area contributed by atoms with E-state index in [1.807, 2.05) is 18.2 Å². The van der Waals surface area contributed by atoms with E-state index in [0.717, 1.165) is 11.1 Å². The van der Waals surface area contributed by atoms with Gasteiger partial charge in [0.25, 0.3) is 0 Å². The van der Waals surface area contributed by atoms with Gasteiger partial charge >= 0.3 is 0 Å². The van der Waals surface area contributed by atoms with Crippen LogP contribution in [-0.2, 0) is 12.0 Å². The van der Waals surface area contributed by atoms with Crippen LogP contribution in [0.4, 0.5) is 5.69 Å². The molecule has 0 bridgehead atoms. The van der Waals surface area contributed by atoms with Gasteiger partial charge in [-0.25, -0.2) is 0 Å². The van der Waals surface area contributed by atoms with Crippen LogP contribution in [0, 0.1) is 0 Å². The van der Waals surface area contributed by atoms with Crippen molar-refractivity contribution in [2.24, 2.45) is 0 Å². The highest BCUT2D eigenvalue weighted by Crippen LogP contribution is 2.35. The SMILES string of the molecule is CC(C)c1ccccc1N(C)Cc1cccc(C(C)(C)C)c1O. The molecule has 0 fully saturated rings. The van der Waals surface area contributed by atoms with Crippen LogP contribution in [0.1, 0.15) is 57.2 Å². The van der Waals surface area contributed by atoms with Crippen LogP contribution in [0.25, 0.3) is 0 Å². The standard InChI is InChI=1S/C21H29NO/c1-15(2)17-11-7-8-13-19(17)22(6)14-16-10-9-12-18(20(16)23)21(3,4)5/h7-13,15,23H,14H2,1-6H3. The van der Waals surface area contributed by atoms with E-state index in [9.17, 15) is 5.11 Å². The lowest BCUT2D eigenvalue weighted by Crippen LogP contribution is -2.19. The molecule has 2 rings (SSSR count). The molecule has 124 valence electrons. The molecule has 0 unspecified atom stereocenters. The predicted molar refractivity (Wildman–Crippen MR) is 99.4 cm³/mol. The van der Waals surface area contributed by atoms with Crippen LogP contribution in [-0.4, -0.2) is 12.2 Å². The van der Waals surface area contributed by atoms with Crippen molar-refractivity contribution in [3.63, 3.8) is 0 Å². The maximum Gasteiger partial charge on any atom is 0.124 e. The summed E-state index contributed by atoms with van der Waals surface area (Å²) in [6.45, 7) is 11.5. The summed E-state index contributed by atoms with van der Waals surface area (Å²) < 4.78 is 0. The van der Waals surface area contributed by atoms with Gasteiger partial charge in [0.2, 0.25) is 0 Å². The zero-order chi connectivity index (χ0) is 17.2. The Kier molecular flexibility index (Phi) is 5.03. The first-order valence-corrected chi connectivity index (χ1v) is 8.33. The summed E-state index contributed by atoms with van der Waals surface area (Å²) in [5.41, 5.74) is 4.47. The molecule has 2 aromatic rings. The highest BCUT2D eigenvalue weighted by atomic mass is 16.3. The molecule has 1 N–H and O–H groups in total. The summed E-state index contributed by atoms with van der Waals surface area (Å²) in [6.07, 6.45) is 0. The third-order valence-electron chi connectivity index (χ3n) is 4.31. The minimum absolute atomic E-state index is 0.0610. The first kappa shape index (κ1) is 17.4. The lowest BCUT2D eigenvalue weighted by atomic mass is 9.85. The number of benzene rings is 2. The topological polar surface area (TPSA) is 23.5 Å². The van der Waals surface area contributed by atoms with Gasteiger partial charge in [-0.1, -0.05) is 71.0 Å². The molecule has 0 atom stereocenters. The first-order chi connectivity index (χ1) is 10.7. The number of rotatable bonds is 4. The van der Waals surface area contributed by atoms with Crippen molar-refractivity contribution in [2.45, 2.75) is 52.5 Å². The Morgan fingerprint density at radius 2 is 1.65 bits per heavy atom. The molecule has 0 saturated heterocycles. The monoisotopic (exact) mass is 311 g/mol. The highest BCUT2D eigenvalue weighted by Gasteiger charge is 2.20. The number of hydrogen-bond acceptors (Lipinski definition) is 2. The van der Waals surface area contributed by atoms with Gasteiger partial charge in [-0.05, 0) is 28.5 Å². The molecule has 2 heteroatoms. The third kappa shape index (κ3) is 3.87. The Bertz CT molecular complexity index is 668. The van der Waals surface area contributed by atoms with E-state index >= 15 is 0 Å². The number of phenols is 1. The molecule has 0 aliphatic rings. The molecule has 0 saturated carbocycles. The molecule has 2 aromatic carbocycles. The Morgan fingerprint density at radius 1 is 1.00 bits per heavy atom. The molecule has 0 aromatic heterocycles. The molecule has 0 heterocycles. The average Bonchev–Trinajstić information content (AvgIpc) is 2.48. The Hall–Kier alpha value is -1.96. The number of hydrogen-bond donors (Lipinski definition) is 1. The van der Waals surface area contributed by atoms with Gasteiger partial charge < -0.3 is 10.0 Å². The fourth-order valence-corrected chi connectivity index (χ4v) is 2.99. The van der Waals surface area contributed by atoms with Crippen LogP contribution in [0.2, 0.25) is 0 Å². The molecule has 0 amide bonds. The van der Waals surface area contributed by atoms with Gasteiger partial charge in [-0.15, -0.1) is 0 Å². The van der Waals surface area contributed by atoms with Crippen LogP contribution in [0.5, 0.6) is 5.75 Å². The van der Waals surface area contributed by atoms with Gasteiger partial charge in [0, 0.05) is 24.8 Å². The Morgan fingerprint density at radius 3 is 2.26 bits per heavy atom. The highest BCUT2D eigenvalue weighted by molar-refractivity contribution is 5.56. The molecule has 0 radical (unpaired) electrons. The van der Waals surface area contributed by atoms with Gasteiger partial charge in [-0.2, -0.15) is 0 Å². The molecule has 2 nitrogen and oxygen atoms in total. The van der Waals surface area contributed by atoms with E-state index in [2.05, 4.69) is 70.8 Å². The van der Waals surface area contributed by atoms with Gasteiger partial charge in [0.15, 0.2) is 0 Å². The maximum absolute atomic E-state index is 10.7. The molecule has 0 aliphatic carbocycles. The van der Waals surface area contributed by atoms with E-state index < -0.39 is 0 Å². The second kappa shape index (κ2) is 6.66. The van der Waals surface area contributed by atoms with Gasteiger partial charge in [0.05, 0.1) is 0 Å². The molecular weight excluding hydrogens is 282 g/mol. The number of anilines is 1. The smallest absolute Gasteiger partial charge is 0.124 e. The van der Waals surface area contributed by atoms with Crippen LogP contribution >= 0.6 is 0 Å². The normalized spacial score (nSPS) is 11.8. The second-order valence-electron chi connectivity index (χ2n) is 7.63. The van der Waals surface area contributed by atoms with Crippen molar-refractivity contribution < 1.29 is 5.11 Å². The van der Waals surface area contributed by atoms with E-state index in [-0.39, 0.29) is 5.41 Å². The number of nitrogens with zero attached hydrogens (tertiary/aromatic N) is 1. The largest absolute Gasteiger partial charge is 0.507 e. The van der Waals surface area contributed by atoms with E-state index in [1.54, 1.807) is 0 Å². The third-order valence-corrected chi connectivity index (χ3v) is 4.31. The molecule has 0 aliphatic heterocycles. The molecular formula is C21H29NO. The van der Waals surface area contributed by atoms with Crippen LogP contribution in [0.15, 0.2) is 42.5 Å². The minimum Gasteiger partial charge on any atom is -0.507 e. The predicted octanol–water partition coefficient (Wildman–Crippen LogP) is 5.45. The molecule has 0 spiro atoms. The lowest BCUT2D eigenvalue weighted by molar-refractivity contribution is 0.440. The number of para-hydroxylation sites is 2. The van der Waals surface area contributed by atoms with Crippen molar-refractivity contribution in [1.29, 1.82) is 0 Å². The summed E-state index contributed by atoms with van der Waals surface area (Å²) in [5, 5.41) is 10.7. The van der Waals surface area contributed by atoms with E-state index in [1.165, 1.54) is 11.3 Å². The Labute approximate surface area is 140 Å². The molecule has 23 heavy (non-hydrogen) atoms. The van der Waals surface area contributed by atoms with Crippen molar-refractivity contribution in [3.05, 3.63) is 59.2 Å². The Balaban J connectivity index is 2.34. The average molecular weight is 311 g/mol. The fraction of sp³-hybridized carbons (Fsp3) is 0.429. The zero-order valence-electron chi connectivity index (χ0n) is 15.2. The van der Waals surface area contributed by atoms with Gasteiger partial charge in [-0.3, -0.25) is 0 Å². The number of aromatic hydroxyl groups is 1. The van der Waals surface area contributed by atoms with Crippen molar-refractivity contribution in [3.8, 4) is 5.75 Å². The first-order valence-electron chi connectivity index (χ1n) is 8.33. The quantitative estimate of drug-likeness (QED) is 0.811. The van der Waals surface area contributed by atoms with E-state index in [0.29, 0.717) is 18.2 Å². The van der Waals surface area contributed by atoms with Crippen molar-refractivity contribution >= 4 is 5.69 Å².